The molecule has 2 N–H and O–H groups in total. The molecule has 0 radical (unpaired) electrons. The van der Waals surface area contributed by atoms with E-state index in [0.29, 0.717) is 6.42 Å². The van der Waals surface area contributed by atoms with Crippen molar-refractivity contribution in [2.45, 2.75) is 58.2 Å². The van der Waals surface area contributed by atoms with Crippen LogP contribution >= 0.6 is 0 Å². The summed E-state index contributed by atoms with van der Waals surface area (Å²) < 4.78 is 2.16. The summed E-state index contributed by atoms with van der Waals surface area (Å²) in [6.07, 6.45) is 4.56. The monoisotopic (exact) mass is 251 g/mol. The minimum absolute atomic E-state index is 0.346. The number of imidazole rings is 1. The Morgan fingerprint density at radius 3 is 3.00 bits per heavy atom. The van der Waals surface area contributed by atoms with Gasteiger partial charge in [0.25, 0.3) is 0 Å². The lowest BCUT2D eigenvalue weighted by atomic mass is 9.89. The van der Waals surface area contributed by atoms with E-state index in [0.717, 1.165) is 30.8 Å². The highest BCUT2D eigenvalue weighted by atomic mass is 16.4. The molecule has 0 aliphatic carbocycles. The highest BCUT2D eigenvalue weighted by Crippen LogP contribution is 2.29. The van der Waals surface area contributed by atoms with Gasteiger partial charge in [-0.15, -0.1) is 0 Å². The predicted octanol–water partition coefficient (Wildman–Crippen LogP) is 1.52. The molecular formula is C13H21N3O2. The van der Waals surface area contributed by atoms with Crippen molar-refractivity contribution in [2.24, 2.45) is 0 Å². The summed E-state index contributed by atoms with van der Waals surface area (Å²) in [6.45, 7) is 7.14. The van der Waals surface area contributed by atoms with Crippen LogP contribution in [0.4, 0.5) is 0 Å². The Balaban J connectivity index is 2.32. The first-order valence-electron chi connectivity index (χ1n) is 6.50. The Morgan fingerprint density at radius 2 is 2.39 bits per heavy atom. The summed E-state index contributed by atoms with van der Waals surface area (Å²) in [4.78, 5) is 15.5. The molecule has 5 nitrogen and oxygen atoms in total. The number of carbonyl (C=O) groups is 1. The fourth-order valence-corrected chi connectivity index (χ4v) is 2.69. The van der Waals surface area contributed by atoms with Crippen LogP contribution in [-0.2, 0) is 23.3 Å². The van der Waals surface area contributed by atoms with Crippen LogP contribution in [0.15, 0.2) is 6.33 Å². The van der Waals surface area contributed by atoms with Gasteiger partial charge in [-0.05, 0) is 20.3 Å². The zero-order valence-electron chi connectivity index (χ0n) is 11.2. The van der Waals surface area contributed by atoms with Crippen LogP contribution in [0.2, 0.25) is 0 Å². The maximum absolute atomic E-state index is 11.1. The molecule has 1 aliphatic heterocycles. The molecule has 18 heavy (non-hydrogen) atoms. The van der Waals surface area contributed by atoms with Crippen molar-refractivity contribution in [1.29, 1.82) is 0 Å². The van der Waals surface area contributed by atoms with Gasteiger partial charge in [0.05, 0.1) is 23.3 Å². The number of nitrogens with zero attached hydrogens (tertiary/aromatic N) is 2. The number of carboxylic acid groups (broad SMARTS) is 1. The van der Waals surface area contributed by atoms with Crippen LogP contribution in [0.3, 0.4) is 0 Å². The SMILES string of the molecule is CCCCn1cnc2c1C(C)(C)NC(C(=O)O)C2. The molecule has 2 rings (SSSR count). The van der Waals surface area contributed by atoms with E-state index in [1.807, 2.05) is 20.2 Å². The fourth-order valence-electron chi connectivity index (χ4n) is 2.69. The van der Waals surface area contributed by atoms with Gasteiger partial charge in [0.1, 0.15) is 6.04 Å². The Kier molecular flexibility index (Phi) is 3.43. The second kappa shape index (κ2) is 4.72. The number of unbranched alkanes of at least 4 members (excludes halogenated alkanes) is 1. The Hall–Kier alpha value is -1.36. The largest absolute Gasteiger partial charge is 0.480 e. The first kappa shape index (κ1) is 13.1. The standard InChI is InChI=1S/C13H21N3O2/c1-4-5-6-16-8-14-9-7-10(12(17)18)15-13(2,3)11(9)16/h8,10,15H,4-7H2,1-3H3,(H,17,18). The Morgan fingerprint density at radius 1 is 1.67 bits per heavy atom. The third kappa shape index (κ3) is 2.27. The number of nitrogens with one attached hydrogen (secondary N) is 1. The van der Waals surface area contributed by atoms with Crippen molar-refractivity contribution in [3.05, 3.63) is 17.7 Å². The number of hydrogen-bond acceptors (Lipinski definition) is 3. The average Bonchev–Trinajstić information content (AvgIpc) is 2.69. The van der Waals surface area contributed by atoms with Gasteiger partial charge in [0.15, 0.2) is 0 Å². The normalized spacial score (nSPS) is 21.6. The van der Waals surface area contributed by atoms with E-state index in [2.05, 4.69) is 21.8 Å². The van der Waals surface area contributed by atoms with Gasteiger partial charge in [-0.2, -0.15) is 0 Å². The Bertz CT molecular complexity index is 451. The first-order valence-corrected chi connectivity index (χ1v) is 6.50. The van der Waals surface area contributed by atoms with E-state index in [4.69, 9.17) is 5.11 Å². The van der Waals surface area contributed by atoms with Crippen LogP contribution in [0, 0.1) is 0 Å². The fraction of sp³-hybridized carbons (Fsp3) is 0.692. The van der Waals surface area contributed by atoms with Crippen molar-refractivity contribution >= 4 is 5.97 Å². The Labute approximate surface area is 107 Å². The van der Waals surface area contributed by atoms with Crippen molar-refractivity contribution in [3.8, 4) is 0 Å². The van der Waals surface area contributed by atoms with Crippen LogP contribution < -0.4 is 5.32 Å². The summed E-state index contributed by atoms with van der Waals surface area (Å²) in [5.74, 6) is -0.808. The molecule has 0 aromatic carbocycles. The number of rotatable bonds is 4. The lowest BCUT2D eigenvalue weighted by Gasteiger charge is -2.36. The van der Waals surface area contributed by atoms with Crippen molar-refractivity contribution in [3.63, 3.8) is 0 Å². The number of aliphatic carboxylic acids is 1. The van der Waals surface area contributed by atoms with E-state index in [1.165, 1.54) is 0 Å². The lowest BCUT2D eigenvalue weighted by Crippen LogP contribution is -2.53. The molecule has 0 saturated carbocycles. The van der Waals surface area contributed by atoms with Gasteiger partial charge in [-0.25, -0.2) is 4.98 Å². The second-order valence-corrected chi connectivity index (χ2v) is 5.45. The molecule has 1 aliphatic rings. The molecule has 1 atom stereocenters. The maximum Gasteiger partial charge on any atom is 0.321 e. The maximum atomic E-state index is 11.1. The van der Waals surface area contributed by atoms with Crippen molar-refractivity contribution < 1.29 is 9.90 Å². The lowest BCUT2D eigenvalue weighted by molar-refractivity contribution is -0.140. The van der Waals surface area contributed by atoms with Crippen LogP contribution in [0.1, 0.15) is 45.0 Å². The van der Waals surface area contributed by atoms with Gasteiger partial charge < -0.3 is 9.67 Å². The molecule has 0 fully saturated rings. The smallest absolute Gasteiger partial charge is 0.321 e. The quantitative estimate of drug-likeness (QED) is 0.851. The molecule has 1 aromatic rings. The van der Waals surface area contributed by atoms with Crippen LogP contribution in [0.25, 0.3) is 0 Å². The molecule has 5 heteroatoms. The minimum atomic E-state index is -0.808. The molecule has 0 bridgehead atoms. The molecule has 1 unspecified atom stereocenters. The summed E-state index contributed by atoms with van der Waals surface area (Å²) in [5, 5.41) is 12.3. The molecule has 0 saturated heterocycles. The topological polar surface area (TPSA) is 67.2 Å². The summed E-state index contributed by atoms with van der Waals surface area (Å²) in [6, 6.07) is -0.540. The second-order valence-electron chi connectivity index (χ2n) is 5.45. The number of fused-ring (bicyclic) bond motifs is 1. The molecule has 100 valence electrons. The highest BCUT2D eigenvalue weighted by Gasteiger charge is 2.38. The number of aromatic nitrogens is 2. The van der Waals surface area contributed by atoms with E-state index >= 15 is 0 Å². The van der Waals surface area contributed by atoms with Crippen molar-refractivity contribution in [1.82, 2.24) is 14.9 Å². The summed E-state index contributed by atoms with van der Waals surface area (Å²) >= 11 is 0. The molecule has 2 heterocycles. The van der Waals surface area contributed by atoms with Gasteiger partial charge in [-0.3, -0.25) is 10.1 Å². The molecule has 0 spiro atoms. The molecular weight excluding hydrogens is 230 g/mol. The minimum Gasteiger partial charge on any atom is -0.480 e. The highest BCUT2D eigenvalue weighted by molar-refractivity contribution is 5.74. The number of aryl methyl sites for hydroxylation is 1. The number of carboxylic acids is 1. The summed E-state index contributed by atoms with van der Waals surface area (Å²) in [7, 11) is 0. The van der Waals surface area contributed by atoms with E-state index in [1.54, 1.807) is 0 Å². The first-order chi connectivity index (χ1) is 8.45. The van der Waals surface area contributed by atoms with Gasteiger partial charge in [0.2, 0.25) is 0 Å². The average molecular weight is 251 g/mol. The third-order valence-corrected chi connectivity index (χ3v) is 3.49. The molecule has 0 amide bonds. The zero-order chi connectivity index (χ0) is 13.3. The van der Waals surface area contributed by atoms with Crippen LogP contribution in [0.5, 0.6) is 0 Å². The third-order valence-electron chi connectivity index (χ3n) is 3.49. The van der Waals surface area contributed by atoms with E-state index in [-0.39, 0.29) is 5.54 Å². The van der Waals surface area contributed by atoms with E-state index < -0.39 is 12.0 Å². The predicted molar refractivity (Wildman–Crippen MR) is 68.4 cm³/mol. The molecule has 1 aromatic heterocycles. The number of hydrogen-bond donors (Lipinski definition) is 2. The van der Waals surface area contributed by atoms with Crippen molar-refractivity contribution in [2.75, 3.05) is 0 Å². The van der Waals surface area contributed by atoms with Gasteiger partial charge >= 0.3 is 5.97 Å². The summed E-state index contributed by atoms with van der Waals surface area (Å²) in [5.41, 5.74) is 1.71. The zero-order valence-corrected chi connectivity index (χ0v) is 11.2. The van der Waals surface area contributed by atoms with Gasteiger partial charge in [-0.1, -0.05) is 13.3 Å². The van der Waals surface area contributed by atoms with Crippen LogP contribution in [-0.4, -0.2) is 26.7 Å². The van der Waals surface area contributed by atoms with Gasteiger partial charge in [0, 0.05) is 13.0 Å². The van der Waals surface area contributed by atoms with E-state index in [9.17, 15) is 4.79 Å².